The van der Waals surface area contributed by atoms with E-state index in [2.05, 4.69) is 15.6 Å². The van der Waals surface area contributed by atoms with Gasteiger partial charge in [0.2, 0.25) is 0 Å². The third-order valence-corrected chi connectivity index (χ3v) is 7.63. The smallest absolute Gasteiger partial charge is 0.251 e. The summed E-state index contributed by atoms with van der Waals surface area (Å²) in [6.07, 6.45) is 0. The van der Waals surface area contributed by atoms with Crippen LogP contribution in [-0.2, 0) is 16.4 Å². The summed E-state index contributed by atoms with van der Waals surface area (Å²) in [5.74, 6) is 0.156. The molecule has 2 aromatic carbocycles. The highest BCUT2D eigenvalue weighted by molar-refractivity contribution is 8.15. The Morgan fingerprint density at radius 2 is 1.93 bits per heavy atom. The molecule has 2 N–H and O–H groups in total. The number of rotatable bonds is 4. The van der Waals surface area contributed by atoms with Gasteiger partial charge in [0.15, 0.2) is 15.0 Å². The topological polar surface area (TPSA) is 87.6 Å². The first-order valence-electron chi connectivity index (χ1n) is 8.63. The maximum atomic E-state index is 12.4. The fourth-order valence-electron chi connectivity index (χ4n) is 3.16. The summed E-state index contributed by atoms with van der Waals surface area (Å²) in [6, 6.07) is 16.8. The van der Waals surface area contributed by atoms with Gasteiger partial charge in [0.05, 0.1) is 17.5 Å². The summed E-state index contributed by atoms with van der Waals surface area (Å²) >= 11 is 1.46. The van der Waals surface area contributed by atoms with Gasteiger partial charge < -0.3 is 10.6 Å². The molecule has 2 aliphatic heterocycles. The maximum Gasteiger partial charge on any atom is 0.251 e. The third-order valence-electron chi connectivity index (χ3n) is 4.49. The molecule has 4 rings (SSSR count). The molecule has 1 saturated heterocycles. The molecule has 2 heterocycles. The number of benzene rings is 2. The van der Waals surface area contributed by atoms with Crippen LogP contribution < -0.4 is 10.6 Å². The van der Waals surface area contributed by atoms with E-state index in [0.717, 1.165) is 11.3 Å². The quantitative estimate of drug-likeness (QED) is 0.821. The van der Waals surface area contributed by atoms with E-state index in [-0.39, 0.29) is 28.7 Å². The van der Waals surface area contributed by atoms with E-state index in [9.17, 15) is 13.2 Å². The second kappa shape index (κ2) is 7.36. The summed E-state index contributed by atoms with van der Waals surface area (Å²) in [5, 5.41) is 6.82. The third kappa shape index (κ3) is 4.33. The average molecular weight is 402 g/mol. The van der Waals surface area contributed by atoms with Crippen LogP contribution in [0.3, 0.4) is 0 Å². The zero-order valence-electron chi connectivity index (χ0n) is 14.5. The molecule has 0 aromatic heterocycles. The van der Waals surface area contributed by atoms with Crippen LogP contribution in [-0.4, -0.2) is 42.3 Å². The zero-order chi connectivity index (χ0) is 18.9. The number of carbonyl (C=O) groups is 1. The molecule has 1 fully saturated rings. The molecule has 0 saturated carbocycles. The zero-order valence-corrected chi connectivity index (χ0v) is 16.1. The van der Waals surface area contributed by atoms with Crippen molar-refractivity contribution in [2.45, 2.75) is 17.8 Å². The fraction of sp³-hybridized carbons (Fsp3) is 0.263. The number of hydrogen-bond acceptors (Lipinski definition) is 6. The molecule has 0 radical (unpaired) electrons. The highest BCUT2D eigenvalue weighted by atomic mass is 32.2. The predicted octanol–water partition coefficient (Wildman–Crippen LogP) is 2.30. The lowest BCUT2D eigenvalue weighted by Crippen LogP contribution is -2.22. The number of carbonyl (C=O) groups excluding carboxylic acids is 1. The molecule has 0 spiro atoms. The molecule has 6 nitrogen and oxygen atoms in total. The second-order valence-electron chi connectivity index (χ2n) is 6.61. The molecule has 0 bridgehead atoms. The Balaban J connectivity index is 1.39. The van der Waals surface area contributed by atoms with Gasteiger partial charge in [0, 0.05) is 23.0 Å². The Labute approximate surface area is 162 Å². The summed E-state index contributed by atoms with van der Waals surface area (Å²) in [6.45, 7) is 0.470. The second-order valence-corrected chi connectivity index (χ2v) is 9.99. The van der Waals surface area contributed by atoms with Crippen LogP contribution in [0, 0.1) is 0 Å². The van der Waals surface area contributed by atoms with Crippen LogP contribution in [0.1, 0.15) is 15.9 Å². The number of nitrogens with zero attached hydrogens (tertiary/aromatic N) is 1. The highest BCUT2D eigenvalue weighted by Gasteiger charge is 2.42. The molecule has 1 amide bonds. The molecule has 2 aliphatic rings. The summed E-state index contributed by atoms with van der Waals surface area (Å²) in [4.78, 5) is 16.9. The Bertz CT molecular complexity index is 990. The van der Waals surface area contributed by atoms with E-state index in [1.807, 2.05) is 42.5 Å². The van der Waals surface area contributed by atoms with Crippen molar-refractivity contribution in [3.63, 3.8) is 0 Å². The number of amides is 1. The molecular formula is C19H19N3O3S2. The van der Waals surface area contributed by atoms with Crippen LogP contribution in [0.5, 0.6) is 0 Å². The van der Waals surface area contributed by atoms with Crippen molar-refractivity contribution in [1.82, 2.24) is 5.32 Å². The Kier molecular flexibility index (Phi) is 4.92. The lowest BCUT2D eigenvalue weighted by molar-refractivity contribution is 0.0951. The van der Waals surface area contributed by atoms with Crippen LogP contribution in [0.15, 0.2) is 59.6 Å². The van der Waals surface area contributed by atoms with Crippen molar-refractivity contribution in [3.05, 3.63) is 65.7 Å². The minimum Gasteiger partial charge on any atom is -0.348 e. The van der Waals surface area contributed by atoms with Crippen LogP contribution in [0.4, 0.5) is 5.69 Å². The first-order valence-corrected chi connectivity index (χ1v) is 11.3. The Morgan fingerprint density at radius 1 is 1.11 bits per heavy atom. The standard InChI is InChI=1S/C19H19N3O3S2/c23-18(20-10-13-5-2-1-3-6-13)14-7-4-8-15(9-14)21-19-22-16-11-27(24,25)12-17(16)26-19/h1-9,16-17H,10-12H2,(H,20,23)(H,21,22)/t16-,17-/m0/s1. The number of aliphatic imine (C=N–C) groups is 1. The van der Waals surface area contributed by atoms with Crippen molar-refractivity contribution in [2.75, 3.05) is 16.8 Å². The minimum absolute atomic E-state index is 0.00477. The maximum absolute atomic E-state index is 12.4. The molecule has 2 atom stereocenters. The predicted molar refractivity (Wildman–Crippen MR) is 109 cm³/mol. The molecule has 2 aromatic rings. The van der Waals surface area contributed by atoms with Gasteiger partial charge >= 0.3 is 0 Å². The summed E-state index contributed by atoms with van der Waals surface area (Å²) < 4.78 is 23.3. The van der Waals surface area contributed by atoms with Gasteiger partial charge in [-0.25, -0.2) is 8.42 Å². The van der Waals surface area contributed by atoms with Crippen molar-refractivity contribution in [1.29, 1.82) is 0 Å². The minimum atomic E-state index is -2.96. The van der Waals surface area contributed by atoms with Crippen LogP contribution >= 0.6 is 11.8 Å². The molecule has 8 heteroatoms. The van der Waals surface area contributed by atoms with Gasteiger partial charge in [-0.1, -0.05) is 48.2 Å². The van der Waals surface area contributed by atoms with E-state index in [4.69, 9.17) is 0 Å². The highest BCUT2D eigenvalue weighted by Crippen LogP contribution is 2.34. The van der Waals surface area contributed by atoms with E-state index in [1.54, 1.807) is 12.1 Å². The first-order chi connectivity index (χ1) is 13.0. The lowest BCUT2D eigenvalue weighted by atomic mass is 10.1. The first kappa shape index (κ1) is 18.1. The van der Waals surface area contributed by atoms with E-state index in [1.165, 1.54) is 11.8 Å². The SMILES string of the molecule is O=C(NCc1ccccc1)c1cccc(NC2=N[C@H]3CS(=O)(=O)C[C@@H]3S2)c1. The summed E-state index contributed by atoms with van der Waals surface area (Å²) in [5.41, 5.74) is 2.36. The van der Waals surface area contributed by atoms with Crippen LogP contribution in [0.25, 0.3) is 0 Å². The largest absolute Gasteiger partial charge is 0.348 e. The van der Waals surface area contributed by atoms with E-state index in [0.29, 0.717) is 17.3 Å². The van der Waals surface area contributed by atoms with Gasteiger partial charge in [-0.2, -0.15) is 0 Å². The molecule has 27 heavy (non-hydrogen) atoms. The van der Waals surface area contributed by atoms with Gasteiger partial charge in [0.25, 0.3) is 5.91 Å². The molecule has 0 unspecified atom stereocenters. The average Bonchev–Trinajstić information content (AvgIpc) is 3.13. The Hall–Kier alpha value is -2.32. The van der Waals surface area contributed by atoms with E-state index < -0.39 is 9.84 Å². The molecule has 140 valence electrons. The number of hydrogen-bond donors (Lipinski definition) is 2. The van der Waals surface area contributed by atoms with E-state index >= 15 is 0 Å². The normalized spacial score (nSPS) is 22.7. The molecular weight excluding hydrogens is 382 g/mol. The van der Waals surface area contributed by atoms with Crippen molar-refractivity contribution in [3.8, 4) is 0 Å². The van der Waals surface area contributed by atoms with Crippen molar-refractivity contribution in [2.24, 2.45) is 4.99 Å². The van der Waals surface area contributed by atoms with Crippen LogP contribution in [0.2, 0.25) is 0 Å². The number of thioether (sulfide) groups is 1. The number of sulfone groups is 1. The van der Waals surface area contributed by atoms with Gasteiger partial charge in [-0.3, -0.25) is 9.79 Å². The number of amidine groups is 1. The lowest BCUT2D eigenvalue weighted by Gasteiger charge is -2.09. The fourth-order valence-corrected chi connectivity index (χ4v) is 6.83. The Morgan fingerprint density at radius 3 is 2.70 bits per heavy atom. The number of nitrogens with one attached hydrogen (secondary N) is 2. The van der Waals surface area contributed by atoms with Gasteiger partial charge in [0.1, 0.15) is 0 Å². The van der Waals surface area contributed by atoms with Crippen molar-refractivity contribution < 1.29 is 13.2 Å². The number of anilines is 1. The van der Waals surface area contributed by atoms with Gasteiger partial charge in [-0.05, 0) is 23.8 Å². The number of fused-ring (bicyclic) bond motifs is 1. The summed E-state index contributed by atoms with van der Waals surface area (Å²) in [7, 11) is -2.96. The molecule has 0 aliphatic carbocycles. The monoisotopic (exact) mass is 401 g/mol. The van der Waals surface area contributed by atoms with Crippen molar-refractivity contribution >= 4 is 38.4 Å². The van der Waals surface area contributed by atoms with Gasteiger partial charge in [-0.15, -0.1) is 0 Å².